The molecule has 1 aliphatic rings. The quantitative estimate of drug-likeness (QED) is 0.646. The fourth-order valence-electron chi connectivity index (χ4n) is 2.84. The van der Waals surface area contributed by atoms with Crippen LogP contribution in [0.25, 0.3) is 0 Å². The Kier molecular flexibility index (Phi) is 5.47. The number of benzene rings is 1. The van der Waals surface area contributed by atoms with Gasteiger partial charge in [-0.05, 0) is 62.9 Å². The molecule has 0 radical (unpaired) electrons. The molecule has 2 heteroatoms. The molecule has 1 unspecified atom stereocenters. The van der Waals surface area contributed by atoms with Crippen molar-refractivity contribution in [2.45, 2.75) is 58.2 Å². The summed E-state index contributed by atoms with van der Waals surface area (Å²) < 4.78 is 6.24. The molecule has 0 saturated heterocycles. The zero-order valence-corrected chi connectivity index (χ0v) is 14.2. The van der Waals surface area contributed by atoms with Crippen molar-refractivity contribution in [2.75, 3.05) is 0 Å². The third kappa shape index (κ3) is 5.54. The van der Waals surface area contributed by atoms with Gasteiger partial charge in [-0.25, -0.2) is 0 Å². The second kappa shape index (κ2) is 7.12. The molecule has 0 aromatic heterocycles. The third-order valence-corrected chi connectivity index (χ3v) is 4.63. The molecule has 1 atom stereocenters. The molecular weight excluding hydrogens is 260 g/mol. The van der Waals surface area contributed by atoms with Crippen LogP contribution in [0.3, 0.4) is 0 Å². The van der Waals surface area contributed by atoms with Crippen molar-refractivity contribution in [3.8, 4) is 0 Å². The van der Waals surface area contributed by atoms with Gasteiger partial charge in [0.15, 0.2) is 0 Å². The van der Waals surface area contributed by atoms with Crippen LogP contribution < -0.4 is 0 Å². The zero-order valence-electron chi connectivity index (χ0n) is 13.2. The van der Waals surface area contributed by atoms with Gasteiger partial charge in [0.25, 0.3) is 0 Å². The standard InChI is InChI=1S/C18H28OSi/c1-20(2,3)19-18-12-8-7-11-17(15-18)14-13-16-9-5-4-6-10-16/h4-6,9-10,15,17H,7-8,11-14H2,1-3H3. The van der Waals surface area contributed by atoms with E-state index in [1.54, 1.807) is 0 Å². The predicted molar refractivity (Wildman–Crippen MR) is 89.2 cm³/mol. The molecule has 1 aromatic carbocycles. The van der Waals surface area contributed by atoms with Gasteiger partial charge in [-0.2, -0.15) is 0 Å². The second-order valence-electron chi connectivity index (χ2n) is 6.88. The van der Waals surface area contributed by atoms with Crippen molar-refractivity contribution in [3.63, 3.8) is 0 Å². The lowest BCUT2D eigenvalue weighted by Crippen LogP contribution is -2.25. The van der Waals surface area contributed by atoms with E-state index in [0.29, 0.717) is 5.92 Å². The molecule has 1 aliphatic carbocycles. The monoisotopic (exact) mass is 288 g/mol. The Morgan fingerprint density at radius 1 is 1.10 bits per heavy atom. The van der Waals surface area contributed by atoms with Gasteiger partial charge >= 0.3 is 0 Å². The van der Waals surface area contributed by atoms with Gasteiger partial charge in [-0.15, -0.1) is 0 Å². The van der Waals surface area contributed by atoms with E-state index in [0.717, 1.165) is 6.42 Å². The first kappa shape index (κ1) is 15.4. The lowest BCUT2D eigenvalue weighted by molar-refractivity contribution is 0.394. The van der Waals surface area contributed by atoms with Crippen molar-refractivity contribution in [2.24, 2.45) is 5.92 Å². The summed E-state index contributed by atoms with van der Waals surface area (Å²) in [5.74, 6) is 1.98. The van der Waals surface area contributed by atoms with Crippen molar-refractivity contribution in [1.82, 2.24) is 0 Å². The van der Waals surface area contributed by atoms with Crippen molar-refractivity contribution in [3.05, 3.63) is 47.7 Å². The summed E-state index contributed by atoms with van der Waals surface area (Å²) in [6, 6.07) is 10.8. The molecule has 0 heterocycles. The van der Waals surface area contributed by atoms with Crippen molar-refractivity contribution >= 4 is 8.32 Å². The van der Waals surface area contributed by atoms with Gasteiger partial charge in [0.2, 0.25) is 8.32 Å². The van der Waals surface area contributed by atoms with E-state index in [-0.39, 0.29) is 0 Å². The molecular formula is C18H28OSi. The fourth-order valence-corrected chi connectivity index (χ4v) is 3.79. The molecule has 0 bridgehead atoms. The highest BCUT2D eigenvalue weighted by Crippen LogP contribution is 2.27. The Morgan fingerprint density at radius 2 is 1.85 bits per heavy atom. The Labute approximate surface area is 125 Å². The lowest BCUT2D eigenvalue weighted by Gasteiger charge is -2.22. The van der Waals surface area contributed by atoms with Gasteiger partial charge < -0.3 is 4.43 Å². The molecule has 0 saturated carbocycles. The molecule has 0 aliphatic heterocycles. The molecule has 0 spiro atoms. The number of rotatable bonds is 5. The van der Waals surface area contributed by atoms with Crippen LogP contribution in [0, 0.1) is 5.92 Å². The van der Waals surface area contributed by atoms with Gasteiger partial charge in [-0.3, -0.25) is 0 Å². The Bertz CT molecular complexity index is 430. The molecule has 0 fully saturated rings. The van der Waals surface area contributed by atoms with Gasteiger partial charge in [0.1, 0.15) is 0 Å². The molecule has 0 N–H and O–H groups in total. The number of hydrogen-bond acceptors (Lipinski definition) is 1. The van der Waals surface area contributed by atoms with Crippen LogP contribution >= 0.6 is 0 Å². The van der Waals surface area contributed by atoms with Crippen LogP contribution in [0.1, 0.15) is 37.7 Å². The highest BCUT2D eigenvalue weighted by molar-refractivity contribution is 6.70. The summed E-state index contributed by atoms with van der Waals surface area (Å²) in [5.41, 5.74) is 1.46. The van der Waals surface area contributed by atoms with Crippen molar-refractivity contribution in [1.29, 1.82) is 0 Å². The molecule has 110 valence electrons. The number of allylic oxidation sites excluding steroid dienone is 2. The van der Waals surface area contributed by atoms with Crippen LogP contribution in [0.5, 0.6) is 0 Å². The molecule has 1 aromatic rings. The first-order valence-electron chi connectivity index (χ1n) is 7.96. The minimum Gasteiger partial charge on any atom is -0.548 e. The first-order valence-corrected chi connectivity index (χ1v) is 11.4. The van der Waals surface area contributed by atoms with Gasteiger partial charge in [0.05, 0.1) is 5.76 Å². The summed E-state index contributed by atoms with van der Waals surface area (Å²) in [4.78, 5) is 0. The normalized spacial score (nSPS) is 20.1. The number of hydrogen-bond donors (Lipinski definition) is 0. The molecule has 2 rings (SSSR count). The molecule has 0 amide bonds. The maximum absolute atomic E-state index is 6.24. The minimum atomic E-state index is -1.45. The summed E-state index contributed by atoms with van der Waals surface area (Å²) in [7, 11) is -1.45. The van der Waals surface area contributed by atoms with E-state index < -0.39 is 8.32 Å². The van der Waals surface area contributed by atoms with Crippen molar-refractivity contribution < 1.29 is 4.43 Å². The van der Waals surface area contributed by atoms with Crippen LogP contribution in [0.15, 0.2) is 42.2 Å². The largest absolute Gasteiger partial charge is 0.548 e. The smallest absolute Gasteiger partial charge is 0.241 e. The Hall–Kier alpha value is -1.02. The highest BCUT2D eigenvalue weighted by Gasteiger charge is 2.20. The Balaban J connectivity index is 1.93. The van der Waals surface area contributed by atoms with Crippen LogP contribution in [-0.2, 0) is 10.8 Å². The van der Waals surface area contributed by atoms with Crippen LogP contribution in [0.4, 0.5) is 0 Å². The van der Waals surface area contributed by atoms with Gasteiger partial charge in [0, 0.05) is 6.42 Å². The average Bonchev–Trinajstić information content (AvgIpc) is 2.61. The number of aryl methyl sites for hydroxylation is 1. The van der Waals surface area contributed by atoms with E-state index in [1.165, 1.54) is 43.4 Å². The van der Waals surface area contributed by atoms with Crippen LogP contribution in [0.2, 0.25) is 19.6 Å². The van der Waals surface area contributed by atoms with E-state index in [2.05, 4.69) is 56.0 Å². The minimum absolute atomic E-state index is 0.698. The van der Waals surface area contributed by atoms with E-state index >= 15 is 0 Å². The highest BCUT2D eigenvalue weighted by atomic mass is 28.4. The first-order chi connectivity index (χ1) is 9.53. The third-order valence-electron chi connectivity index (χ3n) is 3.75. The zero-order chi connectivity index (χ0) is 14.4. The predicted octanol–water partition coefficient (Wildman–Crippen LogP) is 5.54. The topological polar surface area (TPSA) is 9.23 Å². The maximum Gasteiger partial charge on any atom is 0.241 e. The summed E-state index contributed by atoms with van der Waals surface area (Å²) in [5, 5.41) is 0. The summed E-state index contributed by atoms with van der Waals surface area (Å²) in [6.07, 6.45) is 9.98. The van der Waals surface area contributed by atoms with E-state index in [9.17, 15) is 0 Å². The van der Waals surface area contributed by atoms with Crippen LogP contribution in [-0.4, -0.2) is 8.32 Å². The summed E-state index contributed by atoms with van der Waals surface area (Å²) >= 11 is 0. The maximum atomic E-state index is 6.24. The molecule has 20 heavy (non-hydrogen) atoms. The lowest BCUT2D eigenvalue weighted by atomic mass is 9.95. The van der Waals surface area contributed by atoms with Gasteiger partial charge in [-0.1, -0.05) is 36.8 Å². The van der Waals surface area contributed by atoms with E-state index in [1.807, 2.05) is 0 Å². The fraction of sp³-hybridized carbons (Fsp3) is 0.556. The SMILES string of the molecule is C[Si](C)(C)OC1=CC(CCc2ccccc2)CCCC1. The molecule has 1 nitrogen and oxygen atoms in total. The second-order valence-corrected chi connectivity index (χ2v) is 11.3. The Morgan fingerprint density at radius 3 is 2.55 bits per heavy atom. The van der Waals surface area contributed by atoms with E-state index in [4.69, 9.17) is 4.43 Å². The summed E-state index contributed by atoms with van der Waals surface area (Å²) in [6.45, 7) is 6.83. The average molecular weight is 289 g/mol.